The Balaban J connectivity index is 1.59. The molecule has 2 aromatic carbocycles. The maximum atomic E-state index is 14.5. The SMILES string of the molecule is CCOC(=O)C1CCN(C(=O)[C@H](CCCN=C(N)NS(=O)(=O)c2c(C)c(C)c3c(c2C)CC(C)(C)O3)NS(=O)(=O)c2c(C(C)C)cc(C(C)C)cc2C(C)C)CC1. The Morgan fingerprint density at radius 2 is 1.49 bits per heavy atom. The van der Waals surface area contributed by atoms with Gasteiger partial charge in [-0.3, -0.25) is 14.6 Å². The third kappa shape index (κ3) is 10.5. The molecule has 2 heterocycles. The number of sulfonamides is 2. The van der Waals surface area contributed by atoms with Gasteiger partial charge in [-0.15, -0.1) is 0 Å². The fraction of sp³-hybridized carbons (Fsp3) is 0.643. The maximum Gasteiger partial charge on any atom is 0.309 e. The summed E-state index contributed by atoms with van der Waals surface area (Å²) in [6, 6.07) is 2.75. The van der Waals surface area contributed by atoms with E-state index < -0.39 is 37.6 Å². The molecule has 1 atom stereocenters. The van der Waals surface area contributed by atoms with E-state index in [2.05, 4.69) is 28.3 Å². The average molecular weight is 832 g/mol. The maximum absolute atomic E-state index is 14.5. The number of nitrogens with two attached hydrogens (primary N) is 1. The Bertz CT molecular complexity index is 2060. The highest BCUT2D eigenvalue weighted by Crippen LogP contribution is 2.44. The average Bonchev–Trinajstić information content (AvgIpc) is 3.46. The third-order valence-corrected chi connectivity index (χ3v) is 14.3. The lowest BCUT2D eigenvalue weighted by atomic mass is 9.89. The van der Waals surface area contributed by atoms with Crippen molar-refractivity contribution in [2.75, 3.05) is 26.2 Å². The van der Waals surface area contributed by atoms with Crippen LogP contribution in [0.5, 0.6) is 5.75 Å². The van der Waals surface area contributed by atoms with Gasteiger partial charge in [-0.05, 0) is 118 Å². The van der Waals surface area contributed by atoms with Gasteiger partial charge in [0.1, 0.15) is 17.4 Å². The highest BCUT2D eigenvalue weighted by atomic mass is 32.2. The molecule has 0 saturated carbocycles. The molecule has 57 heavy (non-hydrogen) atoms. The quantitative estimate of drug-likeness (QED) is 0.0811. The number of guanidine groups is 1. The van der Waals surface area contributed by atoms with Crippen molar-refractivity contribution in [1.82, 2.24) is 14.3 Å². The first-order valence-corrected chi connectivity index (χ1v) is 23.2. The van der Waals surface area contributed by atoms with Crippen LogP contribution in [0.25, 0.3) is 0 Å². The van der Waals surface area contributed by atoms with Gasteiger partial charge in [0.05, 0.1) is 22.3 Å². The molecule has 4 rings (SSSR count). The van der Waals surface area contributed by atoms with E-state index in [1.165, 1.54) is 0 Å². The number of rotatable bonds is 15. The molecule has 1 amide bonds. The van der Waals surface area contributed by atoms with Crippen molar-refractivity contribution in [3.63, 3.8) is 0 Å². The van der Waals surface area contributed by atoms with Crippen LogP contribution >= 0.6 is 0 Å². The summed E-state index contributed by atoms with van der Waals surface area (Å²) in [6.07, 6.45) is 1.66. The molecule has 15 heteroatoms. The van der Waals surface area contributed by atoms with Crippen LogP contribution < -0.4 is 19.9 Å². The number of benzene rings is 2. The fourth-order valence-electron chi connectivity index (χ4n) is 7.86. The summed E-state index contributed by atoms with van der Waals surface area (Å²) in [7, 11) is -8.36. The molecule has 0 aromatic heterocycles. The summed E-state index contributed by atoms with van der Waals surface area (Å²) in [5, 5.41) is 0. The number of fused-ring (bicyclic) bond motifs is 1. The summed E-state index contributed by atoms with van der Waals surface area (Å²) < 4.78 is 73.1. The van der Waals surface area contributed by atoms with E-state index in [4.69, 9.17) is 15.2 Å². The molecule has 0 aliphatic carbocycles. The topological polar surface area (TPSA) is 187 Å². The predicted molar refractivity (Wildman–Crippen MR) is 224 cm³/mol. The van der Waals surface area contributed by atoms with Gasteiger partial charge >= 0.3 is 5.97 Å². The van der Waals surface area contributed by atoms with Crippen LogP contribution in [0.1, 0.15) is 145 Å². The molecule has 0 spiro atoms. The molecule has 13 nitrogen and oxygen atoms in total. The van der Waals surface area contributed by atoms with Gasteiger partial charge < -0.3 is 20.1 Å². The number of carbonyl (C=O) groups excluding carboxylic acids is 2. The minimum Gasteiger partial charge on any atom is -0.487 e. The Labute approximate surface area is 341 Å². The number of hydrogen-bond acceptors (Lipinski definition) is 9. The van der Waals surface area contributed by atoms with Crippen LogP contribution in [0.3, 0.4) is 0 Å². The molecule has 1 fully saturated rings. The van der Waals surface area contributed by atoms with E-state index in [1.807, 2.05) is 60.6 Å². The summed E-state index contributed by atoms with van der Waals surface area (Å²) in [5.74, 6) is -0.679. The van der Waals surface area contributed by atoms with E-state index in [0.717, 1.165) is 16.7 Å². The van der Waals surface area contributed by atoms with Gasteiger partial charge in [0.2, 0.25) is 21.9 Å². The van der Waals surface area contributed by atoms with Crippen LogP contribution in [0.2, 0.25) is 0 Å². The Hall–Kier alpha value is -3.69. The van der Waals surface area contributed by atoms with E-state index >= 15 is 0 Å². The number of amides is 1. The largest absolute Gasteiger partial charge is 0.487 e. The molecule has 2 aromatic rings. The Morgan fingerprint density at radius 3 is 2.02 bits per heavy atom. The van der Waals surface area contributed by atoms with Crippen molar-refractivity contribution in [1.29, 1.82) is 0 Å². The number of nitrogens with zero attached hydrogens (tertiary/aromatic N) is 2. The zero-order valence-electron chi connectivity index (χ0n) is 36.0. The second-order valence-corrected chi connectivity index (χ2v) is 20.4. The number of likely N-dealkylation sites (tertiary alicyclic amines) is 1. The lowest BCUT2D eigenvalue weighted by molar-refractivity contribution is -0.151. The monoisotopic (exact) mass is 831 g/mol. The van der Waals surface area contributed by atoms with E-state index in [0.29, 0.717) is 47.3 Å². The minimum absolute atomic E-state index is 0.0194. The van der Waals surface area contributed by atoms with Gasteiger partial charge in [-0.25, -0.2) is 21.6 Å². The van der Waals surface area contributed by atoms with E-state index in [-0.39, 0.29) is 84.5 Å². The third-order valence-electron chi connectivity index (χ3n) is 11.1. The van der Waals surface area contributed by atoms with Crippen LogP contribution in [-0.2, 0) is 40.8 Å². The second-order valence-electron chi connectivity index (χ2n) is 17.1. The van der Waals surface area contributed by atoms with Gasteiger partial charge in [-0.1, -0.05) is 53.7 Å². The second kappa shape index (κ2) is 18.1. The molecular weight excluding hydrogens is 767 g/mol. The number of piperidine rings is 1. The number of nitrogens with one attached hydrogen (secondary N) is 2. The van der Waals surface area contributed by atoms with Crippen molar-refractivity contribution in [3.05, 3.63) is 51.1 Å². The molecular formula is C42H65N5O8S2. The van der Waals surface area contributed by atoms with Crippen molar-refractivity contribution in [3.8, 4) is 5.75 Å². The van der Waals surface area contributed by atoms with Crippen LogP contribution in [-0.4, -0.2) is 77.5 Å². The number of carbonyl (C=O) groups is 2. The lowest BCUT2D eigenvalue weighted by Crippen LogP contribution is -2.51. The zero-order valence-corrected chi connectivity index (χ0v) is 37.6. The van der Waals surface area contributed by atoms with Crippen LogP contribution in [0, 0.1) is 26.7 Å². The zero-order chi connectivity index (χ0) is 42.8. The van der Waals surface area contributed by atoms with Gasteiger partial charge in [-0.2, -0.15) is 4.72 Å². The molecule has 0 unspecified atom stereocenters. The summed E-state index contributed by atoms with van der Waals surface area (Å²) in [5.41, 5.74) is 10.9. The molecule has 0 bridgehead atoms. The molecule has 318 valence electrons. The Morgan fingerprint density at radius 1 is 0.912 bits per heavy atom. The minimum atomic E-state index is -4.23. The first-order valence-electron chi connectivity index (χ1n) is 20.2. The smallest absolute Gasteiger partial charge is 0.309 e. The highest BCUT2D eigenvalue weighted by Gasteiger charge is 2.38. The van der Waals surface area contributed by atoms with Crippen LogP contribution in [0.15, 0.2) is 26.9 Å². The van der Waals surface area contributed by atoms with Gasteiger partial charge in [0, 0.05) is 31.6 Å². The van der Waals surface area contributed by atoms with Gasteiger partial charge in [0.25, 0.3) is 10.0 Å². The van der Waals surface area contributed by atoms with E-state index in [9.17, 15) is 26.4 Å². The highest BCUT2D eigenvalue weighted by molar-refractivity contribution is 7.90. The molecule has 2 aliphatic heterocycles. The molecule has 2 aliphatic rings. The lowest BCUT2D eigenvalue weighted by Gasteiger charge is -2.34. The van der Waals surface area contributed by atoms with Crippen LogP contribution in [0.4, 0.5) is 0 Å². The van der Waals surface area contributed by atoms with E-state index in [1.54, 1.807) is 25.7 Å². The van der Waals surface area contributed by atoms with Gasteiger partial charge in [0.15, 0.2) is 0 Å². The van der Waals surface area contributed by atoms with Crippen molar-refractivity contribution in [2.45, 2.75) is 154 Å². The van der Waals surface area contributed by atoms with Crippen molar-refractivity contribution in [2.24, 2.45) is 16.6 Å². The summed E-state index contributed by atoms with van der Waals surface area (Å²) in [4.78, 5) is 32.8. The molecule has 1 saturated heterocycles. The predicted octanol–water partition coefficient (Wildman–Crippen LogP) is 6.22. The summed E-state index contributed by atoms with van der Waals surface area (Å²) in [6.45, 7) is 23.8. The van der Waals surface area contributed by atoms with Crippen molar-refractivity contribution >= 4 is 37.9 Å². The number of aliphatic imine (C=N–C) groups is 1. The fourth-order valence-corrected chi connectivity index (χ4v) is 11.3. The molecule has 4 N–H and O–H groups in total. The normalized spacial score (nSPS) is 16.9. The molecule has 0 radical (unpaired) electrons. The summed E-state index contributed by atoms with van der Waals surface area (Å²) >= 11 is 0. The number of hydrogen-bond donors (Lipinski definition) is 3. The number of ether oxygens (including phenoxy) is 2. The van der Waals surface area contributed by atoms with Crippen molar-refractivity contribution < 1.29 is 35.9 Å². The Kier molecular flexibility index (Phi) is 14.6. The number of esters is 1. The first-order chi connectivity index (χ1) is 26.4. The standard InChI is InChI=1S/C42H65N5O8S2/c1-13-54-40(49)30-16-19-47(20-17-30)39(48)35(45-57(52,53)38-32(25(4)5)21-31(24(2)3)22-33(38)26(6)7)15-14-18-44-41(43)46-56(50,51)37-28(9)27(8)36-34(29(37)10)23-42(11,12)55-36/h21-22,24-26,30,35,45H,13-20,23H2,1-12H3,(H3,43,44,46)/t35-/m0/s1. The first kappa shape index (κ1) is 46.0.